The molecule has 0 bridgehead atoms. The normalized spacial score (nSPS) is 20.6. The molecule has 1 N–H and O–H groups in total. The highest BCUT2D eigenvalue weighted by Crippen LogP contribution is 2.34. The van der Waals surface area contributed by atoms with Gasteiger partial charge in [-0.25, -0.2) is 0 Å². The summed E-state index contributed by atoms with van der Waals surface area (Å²) in [6.45, 7) is 8.04. The van der Waals surface area contributed by atoms with Crippen LogP contribution in [0, 0.1) is 0 Å². The third-order valence-corrected chi connectivity index (χ3v) is 6.40. The molecule has 1 aliphatic carbocycles. The van der Waals surface area contributed by atoms with Crippen LogP contribution < -0.4 is 10.1 Å². The smallest absolute Gasteiger partial charge is 0.251 e. The lowest BCUT2D eigenvalue weighted by molar-refractivity contribution is 0.0138. The highest BCUT2D eigenvalue weighted by atomic mass is 16.5. The molecule has 2 aliphatic rings. The molecule has 1 aliphatic heterocycles. The Hall–Kier alpha value is -1.59. The van der Waals surface area contributed by atoms with Crippen LogP contribution in [0.5, 0.6) is 5.75 Å². The number of unbranched alkanes of at least 4 members (excludes halogenated alkanes) is 1. The van der Waals surface area contributed by atoms with E-state index in [-0.39, 0.29) is 11.4 Å². The van der Waals surface area contributed by atoms with Gasteiger partial charge in [0.05, 0.1) is 6.61 Å². The molecule has 1 aromatic rings. The Morgan fingerprint density at radius 3 is 2.61 bits per heavy atom. The lowest BCUT2D eigenvalue weighted by Gasteiger charge is -2.49. The first kappa shape index (κ1) is 21.1. The summed E-state index contributed by atoms with van der Waals surface area (Å²) < 4.78 is 5.76. The Labute approximate surface area is 170 Å². The van der Waals surface area contributed by atoms with Crippen molar-refractivity contribution in [1.82, 2.24) is 15.1 Å². The number of likely N-dealkylation sites (N-methyl/N-ethyl adjacent to an activating group) is 1. The van der Waals surface area contributed by atoms with Gasteiger partial charge in [0.2, 0.25) is 0 Å². The number of carbonyl (C=O) groups is 1. The second-order valence-electron chi connectivity index (χ2n) is 8.49. The van der Waals surface area contributed by atoms with Gasteiger partial charge in [-0.3, -0.25) is 9.69 Å². The molecular weight excluding hydrogens is 350 g/mol. The van der Waals surface area contributed by atoms with Gasteiger partial charge in [-0.1, -0.05) is 38.7 Å². The molecule has 0 unspecified atom stereocenters. The molecule has 5 heteroatoms. The van der Waals surface area contributed by atoms with E-state index in [2.05, 4.69) is 29.1 Å². The topological polar surface area (TPSA) is 44.8 Å². The average molecular weight is 388 g/mol. The van der Waals surface area contributed by atoms with Crippen LogP contribution in [0.3, 0.4) is 0 Å². The number of nitrogens with zero attached hydrogens (tertiary/aromatic N) is 2. The van der Waals surface area contributed by atoms with Gasteiger partial charge in [-0.2, -0.15) is 0 Å². The maximum absolute atomic E-state index is 12.9. The third kappa shape index (κ3) is 5.48. The van der Waals surface area contributed by atoms with Gasteiger partial charge < -0.3 is 15.0 Å². The summed E-state index contributed by atoms with van der Waals surface area (Å²) >= 11 is 0. The van der Waals surface area contributed by atoms with Gasteiger partial charge in [0.1, 0.15) is 5.75 Å². The Balaban J connectivity index is 1.61. The van der Waals surface area contributed by atoms with E-state index in [9.17, 15) is 4.79 Å². The summed E-state index contributed by atoms with van der Waals surface area (Å²) in [5.41, 5.74) is 0.822. The van der Waals surface area contributed by atoms with Gasteiger partial charge in [0, 0.05) is 43.8 Å². The molecule has 1 saturated carbocycles. The second kappa shape index (κ2) is 10.3. The predicted octanol–water partition coefficient (Wildman–Crippen LogP) is 3.55. The molecule has 1 aromatic carbocycles. The number of carbonyl (C=O) groups excluding carboxylic acids is 1. The molecule has 1 amide bonds. The molecule has 156 valence electrons. The fraction of sp³-hybridized carbons (Fsp3) is 0.696. The van der Waals surface area contributed by atoms with Gasteiger partial charge in [-0.15, -0.1) is 0 Å². The summed E-state index contributed by atoms with van der Waals surface area (Å²) in [6.07, 6.45) is 8.37. The molecule has 1 heterocycles. The van der Waals surface area contributed by atoms with Crippen LogP contribution in [-0.2, 0) is 0 Å². The minimum Gasteiger partial charge on any atom is -0.494 e. The number of piperazine rings is 1. The number of nitrogens with one attached hydrogen (secondary N) is 1. The minimum absolute atomic E-state index is 0.0139. The third-order valence-electron chi connectivity index (χ3n) is 6.40. The quantitative estimate of drug-likeness (QED) is 0.693. The first-order valence-corrected chi connectivity index (χ1v) is 11.1. The van der Waals surface area contributed by atoms with Gasteiger partial charge in [0.15, 0.2) is 0 Å². The maximum Gasteiger partial charge on any atom is 0.251 e. The lowest BCUT2D eigenvalue weighted by atomic mass is 9.79. The van der Waals surface area contributed by atoms with E-state index in [1.54, 1.807) is 0 Å². The molecule has 3 rings (SSSR count). The van der Waals surface area contributed by atoms with E-state index in [0.717, 1.165) is 51.3 Å². The zero-order chi connectivity index (χ0) is 19.8. The van der Waals surface area contributed by atoms with Crippen molar-refractivity contribution in [2.75, 3.05) is 46.4 Å². The minimum atomic E-state index is 0.0139. The molecule has 0 spiro atoms. The summed E-state index contributed by atoms with van der Waals surface area (Å²) in [7, 11) is 2.20. The van der Waals surface area contributed by atoms with Crippen molar-refractivity contribution in [1.29, 1.82) is 0 Å². The zero-order valence-corrected chi connectivity index (χ0v) is 17.7. The Morgan fingerprint density at radius 2 is 1.89 bits per heavy atom. The number of rotatable bonds is 8. The molecule has 0 atom stereocenters. The van der Waals surface area contributed by atoms with E-state index >= 15 is 0 Å². The van der Waals surface area contributed by atoms with Crippen molar-refractivity contribution in [2.24, 2.45) is 0 Å². The number of hydrogen-bond donors (Lipinski definition) is 1. The van der Waals surface area contributed by atoms with Crippen LogP contribution >= 0.6 is 0 Å². The SMILES string of the molecule is CCCCOc1cccc(C(=O)NCC2(N3CCN(C)CC3)CCCCC2)c1. The van der Waals surface area contributed by atoms with Crippen molar-refractivity contribution in [3.63, 3.8) is 0 Å². The first-order valence-electron chi connectivity index (χ1n) is 11.1. The number of hydrogen-bond acceptors (Lipinski definition) is 4. The second-order valence-corrected chi connectivity index (χ2v) is 8.49. The van der Waals surface area contributed by atoms with E-state index in [1.165, 1.54) is 32.1 Å². The van der Waals surface area contributed by atoms with E-state index in [4.69, 9.17) is 4.74 Å². The van der Waals surface area contributed by atoms with Crippen LogP contribution in [0.4, 0.5) is 0 Å². The average Bonchev–Trinajstić information content (AvgIpc) is 2.73. The van der Waals surface area contributed by atoms with E-state index < -0.39 is 0 Å². The molecular formula is C23H37N3O2. The molecule has 28 heavy (non-hydrogen) atoms. The maximum atomic E-state index is 12.9. The van der Waals surface area contributed by atoms with Crippen LogP contribution in [0.15, 0.2) is 24.3 Å². The Bertz CT molecular complexity index is 620. The molecule has 0 aromatic heterocycles. The van der Waals surface area contributed by atoms with Crippen LogP contribution in [-0.4, -0.2) is 67.6 Å². The molecule has 1 saturated heterocycles. The fourth-order valence-electron chi connectivity index (χ4n) is 4.50. The Kier molecular flexibility index (Phi) is 7.74. The standard InChI is InChI=1S/C23H37N3O2/c1-3-4-17-28-21-10-8-9-20(18-21)22(27)24-19-23(11-6-5-7-12-23)26-15-13-25(2)14-16-26/h8-10,18H,3-7,11-17,19H2,1-2H3,(H,24,27). The van der Waals surface area contributed by atoms with Crippen LogP contribution in [0.2, 0.25) is 0 Å². The highest BCUT2D eigenvalue weighted by molar-refractivity contribution is 5.94. The van der Waals surface area contributed by atoms with Crippen LogP contribution in [0.25, 0.3) is 0 Å². The molecule has 2 fully saturated rings. The number of amides is 1. The molecule has 5 nitrogen and oxygen atoms in total. The number of ether oxygens (including phenoxy) is 1. The van der Waals surface area contributed by atoms with Crippen molar-refractivity contribution >= 4 is 5.91 Å². The van der Waals surface area contributed by atoms with Crippen molar-refractivity contribution in [3.8, 4) is 5.75 Å². The van der Waals surface area contributed by atoms with Gasteiger partial charge in [0.25, 0.3) is 5.91 Å². The highest BCUT2D eigenvalue weighted by Gasteiger charge is 2.39. The first-order chi connectivity index (χ1) is 13.6. The zero-order valence-electron chi connectivity index (χ0n) is 17.7. The van der Waals surface area contributed by atoms with E-state index in [1.807, 2.05) is 24.3 Å². The van der Waals surface area contributed by atoms with Crippen molar-refractivity contribution in [3.05, 3.63) is 29.8 Å². The summed E-state index contributed by atoms with van der Waals surface area (Å²) in [4.78, 5) is 17.9. The monoisotopic (exact) mass is 387 g/mol. The number of benzene rings is 1. The van der Waals surface area contributed by atoms with Crippen LogP contribution in [0.1, 0.15) is 62.2 Å². The van der Waals surface area contributed by atoms with Gasteiger partial charge in [-0.05, 0) is 44.5 Å². The lowest BCUT2D eigenvalue weighted by Crippen LogP contribution is -2.61. The fourth-order valence-corrected chi connectivity index (χ4v) is 4.50. The van der Waals surface area contributed by atoms with E-state index in [0.29, 0.717) is 12.2 Å². The predicted molar refractivity (Wildman–Crippen MR) is 114 cm³/mol. The summed E-state index contributed by atoms with van der Waals surface area (Å²) in [5.74, 6) is 0.799. The Morgan fingerprint density at radius 1 is 1.14 bits per heavy atom. The van der Waals surface area contributed by atoms with Crippen molar-refractivity contribution < 1.29 is 9.53 Å². The molecule has 0 radical (unpaired) electrons. The largest absolute Gasteiger partial charge is 0.494 e. The van der Waals surface area contributed by atoms with Crippen molar-refractivity contribution in [2.45, 2.75) is 57.4 Å². The van der Waals surface area contributed by atoms with Gasteiger partial charge >= 0.3 is 0 Å². The summed E-state index contributed by atoms with van der Waals surface area (Å²) in [5, 5.41) is 3.26. The summed E-state index contributed by atoms with van der Waals surface area (Å²) in [6, 6.07) is 7.59.